The van der Waals surface area contributed by atoms with Crippen molar-refractivity contribution < 1.29 is 9.53 Å². The van der Waals surface area contributed by atoms with Crippen LogP contribution in [0.1, 0.15) is 62.5 Å². The van der Waals surface area contributed by atoms with Gasteiger partial charge in [-0.1, -0.05) is 70.2 Å². The molecule has 36 heavy (non-hydrogen) atoms. The summed E-state index contributed by atoms with van der Waals surface area (Å²) in [6.07, 6.45) is 1.70. The van der Waals surface area contributed by atoms with Crippen LogP contribution in [0.15, 0.2) is 54.6 Å². The zero-order valence-electron chi connectivity index (χ0n) is 22.4. The number of carbonyl (C=O) groups excluding carboxylic acids is 1. The average molecular weight is 489 g/mol. The van der Waals surface area contributed by atoms with Gasteiger partial charge in [0.1, 0.15) is 11.4 Å². The third kappa shape index (κ3) is 5.49. The molecule has 0 saturated heterocycles. The number of aromatic nitrogens is 2. The van der Waals surface area contributed by atoms with Gasteiger partial charge < -0.3 is 9.64 Å². The van der Waals surface area contributed by atoms with Crippen LogP contribution < -0.4 is 4.74 Å². The first-order chi connectivity index (χ1) is 17.5. The van der Waals surface area contributed by atoms with Crippen LogP contribution in [0.4, 0.5) is 0 Å². The zero-order valence-corrected chi connectivity index (χ0v) is 22.4. The summed E-state index contributed by atoms with van der Waals surface area (Å²) in [5, 5.41) is 5.14. The minimum atomic E-state index is -0.149. The van der Waals surface area contributed by atoms with E-state index in [1.807, 2.05) is 41.3 Å². The van der Waals surface area contributed by atoms with Gasteiger partial charge in [0.15, 0.2) is 0 Å². The molecule has 0 spiro atoms. The number of methoxy groups -OCH3 is 1. The Balaban J connectivity index is 1.74. The summed E-state index contributed by atoms with van der Waals surface area (Å²) in [4.78, 5) is 18.4. The van der Waals surface area contributed by atoms with Gasteiger partial charge in [-0.25, -0.2) is 4.68 Å². The Bertz CT molecular complexity index is 1160. The molecule has 6 nitrogen and oxygen atoms in total. The fraction of sp³-hybridized carbons (Fsp3) is 0.467. The first-order valence-electron chi connectivity index (χ1n) is 13.3. The summed E-state index contributed by atoms with van der Waals surface area (Å²) >= 11 is 0. The number of rotatable bonds is 10. The number of fused-ring (bicyclic) bond motifs is 1. The number of para-hydroxylation sites is 2. The number of nitrogens with zero attached hydrogens (tertiary/aromatic N) is 4. The number of hydrogen-bond donors (Lipinski definition) is 0. The van der Waals surface area contributed by atoms with Gasteiger partial charge in [-0.05, 0) is 36.6 Å². The minimum absolute atomic E-state index is 0.149. The summed E-state index contributed by atoms with van der Waals surface area (Å²) in [5.41, 5.74) is 5.50. The van der Waals surface area contributed by atoms with E-state index >= 15 is 0 Å². The van der Waals surface area contributed by atoms with E-state index in [1.165, 1.54) is 11.3 Å². The van der Waals surface area contributed by atoms with Gasteiger partial charge in [-0.2, -0.15) is 5.10 Å². The first-order valence-corrected chi connectivity index (χ1v) is 13.3. The molecule has 192 valence electrons. The van der Waals surface area contributed by atoms with Gasteiger partial charge in [0.2, 0.25) is 5.91 Å². The van der Waals surface area contributed by atoms with Crippen molar-refractivity contribution in [2.24, 2.45) is 5.92 Å². The first kappa shape index (κ1) is 26.0. The Morgan fingerprint density at radius 2 is 1.81 bits per heavy atom. The van der Waals surface area contributed by atoms with Crippen molar-refractivity contribution in [2.45, 2.75) is 59.5 Å². The molecule has 0 bridgehead atoms. The van der Waals surface area contributed by atoms with Gasteiger partial charge in [0.25, 0.3) is 0 Å². The monoisotopic (exact) mass is 488 g/mol. The summed E-state index contributed by atoms with van der Waals surface area (Å²) in [7, 11) is 1.70. The number of amides is 1. The van der Waals surface area contributed by atoms with Crippen LogP contribution in [0.3, 0.4) is 0 Å². The van der Waals surface area contributed by atoms with Crippen LogP contribution >= 0.6 is 0 Å². The highest BCUT2D eigenvalue weighted by Crippen LogP contribution is 2.31. The highest BCUT2D eigenvalue weighted by atomic mass is 16.5. The normalized spacial score (nSPS) is 14.5. The number of benzene rings is 2. The van der Waals surface area contributed by atoms with E-state index in [-0.39, 0.29) is 11.8 Å². The average Bonchev–Trinajstić information content (AvgIpc) is 3.26. The SMILES string of the molecule is CC[C@H](C(=O)N(Cc1nn(-c2ccccc2OC)c2c1CN(CC)CC2)CC(C)C)c1ccccc1. The highest BCUT2D eigenvalue weighted by Gasteiger charge is 2.30. The summed E-state index contributed by atoms with van der Waals surface area (Å²) in [5.74, 6) is 1.20. The summed E-state index contributed by atoms with van der Waals surface area (Å²) in [6.45, 7) is 12.7. The summed E-state index contributed by atoms with van der Waals surface area (Å²) in [6, 6.07) is 18.2. The molecular weight excluding hydrogens is 448 g/mol. The van der Waals surface area contributed by atoms with E-state index in [1.54, 1.807) is 7.11 Å². The maximum absolute atomic E-state index is 13.9. The van der Waals surface area contributed by atoms with Crippen LogP contribution in [0.25, 0.3) is 5.69 Å². The van der Waals surface area contributed by atoms with E-state index in [9.17, 15) is 4.79 Å². The maximum atomic E-state index is 13.9. The van der Waals surface area contributed by atoms with Crippen molar-refractivity contribution in [3.8, 4) is 11.4 Å². The Kier molecular flexibility index (Phi) is 8.47. The lowest BCUT2D eigenvalue weighted by Crippen LogP contribution is -2.38. The van der Waals surface area contributed by atoms with Gasteiger partial charge in [0.05, 0.1) is 31.0 Å². The molecule has 2 aromatic carbocycles. The molecule has 0 fully saturated rings. The second-order valence-corrected chi connectivity index (χ2v) is 10.1. The van der Waals surface area contributed by atoms with Gasteiger partial charge in [-0.3, -0.25) is 9.69 Å². The second kappa shape index (κ2) is 11.7. The zero-order chi connectivity index (χ0) is 25.7. The Hall–Kier alpha value is -3.12. The summed E-state index contributed by atoms with van der Waals surface area (Å²) < 4.78 is 7.73. The van der Waals surface area contributed by atoms with E-state index in [0.717, 1.165) is 55.2 Å². The van der Waals surface area contributed by atoms with Gasteiger partial charge in [-0.15, -0.1) is 0 Å². The smallest absolute Gasteiger partial charge is 0.230 e. The number of ether oxygens (including phenoxy) is 1. The number of likely N-dealkylation sites (N-methyl/N-ethyl adjacent to an activating group) is 1. The Morgan fingerprint density at radius 1 is 1.08 bits per heavy atom. The van der Waals surface area contributed by atoms with Crippen LogP contribution in [0, 0.1) is 5.92 Å². The number of carbonyl (C=O) groups is 1. The molecule has 0 aliphatic carbocycles. The van der Waals surface area contributed by atoms with Crippen molar-refractivity contribution in [3.05, 3.63) is 77.1 Å². The predicted octanol–water partition coefficient (Wildman–Crippen LogP) is 5.44. The molecule has 4 rings (SSSR count). The molecule has 1 aliphatic rings. The molecule has 1 aliphatic heterocycles. The molecule has 1 aromatic heterocycles. The van der Waals surface area contributed by atoms with Crippen molar-refractivity contribution >= 4 is 5.91 Å². The molecule has 0 unspecified atom stereocenters. The van der Waals surface area contributed by atoms with E-state index < -0.39 is 0 Å². The molecule has 0 radical (unpaired) electrons. The lowest BCUT2D eigenvalue weighted by Gasteiger charge is -2.30. The minimum Gasteiger partial charge on any atom is -0.494 e. The van der Waals surface area contributed by atoms with Crippen LogP contribution in [-0.2, 0) is 24.3 Å². The molecule has 0 saturated carbocycles. The lowest BCUT2D eigenvalue weighted by molar-refractivity contribution is -0.134. The molecule has 6 heteroatoms. The van der Waals surface area contributed by atoms with Gasteiger partial charge in [0, 0.05) is 31.6 Å². The van der Waals surface area contributed by atoms with E-state index in [2.05, 4.69) is 55.5 Å². The van der Waals surface area contributed by atoms with Crippen molar-refractivity contribution in [1.82, 2.24) is 19.6 Å². The highest BCUT2D eigenvalue weighted by molar-refractivity contribution is 5.83. The van der Waals surface area contributed by atoms with Crippen molar-refractivity contribution in [1.29, 1.82) is 0 Å². The Morgan fingerprint density at radius 3 is 2.47 bits per heavy atom. The van der Waals surface area contributed by atoms with Gasteiger partial charge >= 0.3 is 0 Å². The maximum Gasteiger partial charge on any atom is 0.230 e. The predicted molar refractivity (Wildman–Crippen MR) is 144 cm³/mol. The fourth-order valence-corrected chi connectivity index (χ4v) is 5.26. The number of hydrogen-bond acceptors (Lipinski definition) is 4. The van der Waals surface area contributed by atoms with E-state index in [0.29, 0.717) is 19.0 Å². The fourth-order valence-electron chi connectivity index (χ4n) is 5.26. The molecule has 1 atom stereocenters. The molecule has 0 N–H and O–H groups in total. The molecule has 2 heterocycles. The topological polar surface area (TPSA) is 50.6 Å². The third-order valence-corrected chi connectivity index (χ3v) is 7.13. The molecule has 1 amide bonds. The van der Waals surface area contributed by atoms with E-state index in [4.69, 9.17) is 9.84 Å². The molecule has 3 aromatic rings. The van der Waals surface area contributed by atoms with Crippen molar-refractivity contribution in [3.63, 3.8) is 0 Å². The Labute approximate surface area is 215 Å². The molecular formula is C30H40N4O2. The second-order valence-electron chi connectivity index (χ2n) is 10.1. The lowest BCUT2D eigenvalue weighted by atomic mass is 9.94. The van der Waals surface area contributed by atoms with Crippen LogP contribution in [0.5, 0.6) is 5.75 Å². The van der Waals surface area contributed by atoms with Crippen molar-refractivity contribution in [2.75, 3.05) is 26.7 Å². The largest absolute Gasteiger partial charge is 0.494 e. The van der Waals surface area contributed by atoms with Crippen LogP contribution in [-0.4, -0.2) is 52.2 Å². The quantitative estimate of drug-likeness (QED) is 0.381. The third-order valence-electron chi connectivity index (χ3n) is 7.13. The standard InChI is InChI=1S/C30H40N4O2/c1-6-24(23-13-9-8-10-14-23)30(35)33(19-22(3)4)21-26-25-20-32(7-2)18-17-27(25)34(31-26)28-15-11-12-16-29(28)36-5/h8-16,22,24H,6-7,17-21H2,1-5H3/t24-/m0/s1. The van der Waals surface area contributed by atoms with Crippen LogP contribution in [0.2, 0.25) is 0 Å².